The molecule has 14 N–H and O–H groups in total. The van der Waals surface area contributed by atoms with Gasteiger partial charge in [-0.3, -0.25) is 29.1 Å². The number of carbonyl (C=O) groups is 4. The van der Waals surface area contributed by atoms with Crippen LogP contribution < -0.4 is 42.6 Å². The van der Waals surface area contributed by atoms with E-state index < -0.39 is 78.3 Å². The lowest BCUT2D eigenvalue weighted by Crippen LogP contribution is -2.68. The number of aliphatic imine (C=N–C) groups is 1. The number of phenolic OH excluding ortho intramolecular Hbond substituents is 1. The number of allylic oxidation sites excluding steroid dienone is 3. The number of aliphatic hydroxyl groups is 4. The molecule has 63 heavy (non-hydrogen) atoms. The molecular weight excluding hydrogens is 821 g/mol. The van der Waals surface area contributed by atoms with Crippen molar-refractivity contribution >= 4 is 29.3 Å². The maximum atomic E-state index is 14.6. The number of dihydropyridines is 2. The summed E-state index contributed by atoms with van der Waals surface area (Å²) < 4.78 is 17.5. The van der Waals surface area contributed by atoms with Crippen LogP contribution in [0, 0.1) is 5.92 Å². The number of hydrogen-bond donors (Lipinski definition) is 11. The number of aliphatic hydroxyl groups excluding tert-OH is 3. The van der Waals surface area contributed by atoms with Crippen LogP contribution in [0.4, 0.5) is 0 Å². The van der Waals surface area contributed by atoms with Crippen molar-refractivity contribution in [3.63, 3.8) is 0 Å². The zero-order valence-electron chi connectivity index (χ0n) is 34.4. The quantitative estimate of drug-likeness (QED) is 0.0488. The highest BCUT2D eigenvalue weighted by atomic mass is 16.7. The molecule has 7 atom stereocenters. The van der Waals surface area contributed by atoms with Gasteiger partial charge in [0.1, 0.15) is 41.2 Å². The predicted molar refractivity (Wildman–Crippen MR) is 225 cm³/mol. The van der Waals surface area contributed by atoms with Crippen molar-refractivity contribution in [3.8, 4) is 17.2 Å². The number of aryl methyl sites for hydroxylation is 1. The number of nitrogens with one attached hydrogen (secondary N) is 3. The Bertz CT molecular complexity index is 2390. The molecule has 20 nitrogen and oxygen atoms in total. The summed E-state index contributed by atoms with van der Waals surface area (Å²) in [4.78, 5) is 59.1. The van der Waals surface area contributed by atoms with E-state index in [2.05, 4.69) is 20.9 Å². The second kappa shape index (κ2) is 18.0. The summed E-state index contributed by atoms with van der Waals surface area (Å²) >= 11 is 0. The minimum Gasteiger partial charge on any atom is -0.507 e. The van der Waals surface area contributed by atoms with Gasteiger partial charge in [-0.15, -0.1) is 0 Å². The summed E-state index contributed by atoms with van der Waals surface area (Å²) in [6.45, 7) is -0.978. The number of fused-ring (bicyclic) bond motifs is 2. The van der Waals surface area contributed by atoms with Gasteiger partial charge in [-0.2, -0.15) is 0 Å². The van der Waals surface area contributed by atoms with E-state index in [1.807, 2.05) is 6.08 Å². The summed E-state index contributed by atoms with van der Waals surface area (Å²) in [5.74, 6) is -4.04. The Morgan fingerprint density at radius 2 is 1.81 bits per heavy atom. The molecule has 0 radical (unpaired) electrons. The van der Waals surface area contributed by atoms with Gasteiger partial charge in [0, 0.05) is 73.7 Å². The molecule has 0 saturated carbocycles. The maximum absolute atomic E-state index is 14.6. The standard InChI is InChI=1S/C43H50N8O12/c1-47-42(46)50-17-27-22(5-3-20-4-6-30(44)49-16-20)11-25-35(37(27)56)38(57)34-26(36(25)55)13-24(61-2)14-28(34)62-41-39(58)40(59)43(60,29(19-52)63-41)15-23(21-9-10-48-31(45)12-21)18-51-32(53)7-8-33(51)54/h4,6-9,11-14,16,23,29-30,39-41,48-49,52,56,58-60H,3,5,10,15,17-19,44-45H2,1-2H3,(H3,46,47,50). The highest BCUT2D eigenvalue weighted by molar-refractivity contribution is 6.30. The van der Waals surface area contributed by atoms with Gasteiger partial charge in [-0.25, -0.2) is 0 Å². The number of imide groups is 1. The fraction of sp³-hybridized carbons (Fsp3) is 0.372. The number of ether oxygens (including phenoxy) is 3. The molecule has 7 rings (SSSR count). The highest BCUT2D eigenvalue weighted by Crippen LogP contribution is 2.44. The molecule has 4 aliphatic heterocycles. The van der Waals surface area contributed by atoms with Gasteiger partial charge in [0.15, 0.2) is 11.7 Å². The average Bonchev–Trinajstić information content (AvgIpc) is 3.59. The largest absolute Gasteiger partial charge is 0.507 e. The van der Waals surface area contributed by atoms with Gasteiger partial charge in [0.2, 0.25) is 12.1 Å². The second-order valence-corrected chi connectivity index (χ2v) is 15.7. The Morgan fingerprint density at radius 3 is 2.46 bits per heavy atom. The number of guanidine groups is 1. The molecule has 334 valence electrons. The van der Waals surface area contributed by atoms with E-state index >= 15 is 0 Å². The van der Waals surface area contributed by atoms with Crippen molar-refractivity contribution in [2.45, 2.75) is 62.2 Å². The molecule has 4 heterocycles. The number of aromatic hydroxyl groups is 1. The molecule has 1 fully saturated rings. The van der Waals surface area contributed by atoms with Crippen LogP contribution in [0.1, 0.15) is 55.8 Å². The molecule has 20 heteroatoms. The number of rotatable bonds is 14. The molecule has 2 amide bonds. The number of benzene rings is 2. The third-order valence-electron chi connectivity index (χ3n) is 11.8. The monoisotopic (exact) mass is 870 g/mol. The van der Waals surface area contributed by atoms with Crippen molar-refractivity contribution in [2.24, 2.45) is 28.1 Å². The van der Waals surface area contributed by atoms with Crippen molar-refractivity contribution in [1.82, 2.24) is 20.9 Å². The maximum Gasteiger partial charge on any atom is 0.253 e. The fourth-order valence-corrected chi connectivity index (χ4v) is 8.35. The Kier molecular flexibility index (Phi) is 12.7. The van der Waals surface area contributed by atoms with Crippen LogP contribution in [-0.2, 0) is 27.3 Å². The molecule has 1 aliphatic carbocycles. The first-order valence-corrected chi connectivity index (χ1v) is 20.1. The van der Waals surface area contributed by atoms with Crippen LogP contribution in [0.25, 0.3) is 0 Å². The summed E-state index contributed by atoms with van der Waals surface area (Å²) in [5.41, 5.74) is 16.7. The summed E-state index contributed by atoms with van der Waals surface area (Å²) in [5, 5.41) is 66.7. The smallest absolute Gasteiger partial charge is 0.253 e. The Hall–Kier alpha value is -6.55. The van der Waals surface area contributed by atoms with Crippen LogP contribution >= 0.6 is 0 Å². The van der Waals surface area contributed by atoms with E-state index in [4.69, 9.17) is 31.4 Å². The Balaban J connectivity index is 1.21. The first kappa shape index (κ1) is 44.5. The summed E-state index contributed by atoms with van der Waals surface area (Å²) in [7, 11) is 2.78. The molecule has 5 aliphatic rings. The lowest BCUT2D eigenvalue weighted by molar-refractivity contribution is -0.316. The number of phenols is 1. The van der Waals surface area contributed by atoms with Crippen molar-refractivity contribution in [1.29, 1.82) is 0 Å². The van der Waals surface area contributed by atoms with E-state index in [1.54, 1.807) is 30.5 Å². The lowest BCUT2D eigenvalue weighted by Gasteiger charge is -2.49. The molecule has 1 saturated heterocycles. The molecule has 7 unspecified atom stereocenters. The van der Waals surface area contributed by atoms with Crippen LogP contribution in [0.3, 0.4) is 0 Å². The molecule has 0 bridgehead atoms. The Morgan fingerprint density at radius 1 is 1.08 bits per heavy atom. The third kappa shape index (κ3) is 8.63. The van der Waals surface area contributed by atoms with Gasteiger partial charge in [-0.05, 0) is 60.3 Å². The number of nitrogens with zero attached hydrogens (tertiary/aromatic N) is 2. The van der Waals surface area contributed by atoms with Crippen LogP contribution in [0.15, 0.2) is 82.8 Å². The van der Waals surface area contributed by atoms with Gasteiger partial charge in [0.25, 0.3) is 11.8 Å². The van der Waals surface area contributed by atoms with Crippen LogP contribution in [0.2, 0.25) is 0 Å². The molecular formula is C43H50N8O12. The van der Waals surface area contributed by atoms with Crippen molar-refractivity contribution in [2.75, 3.05) is 33.9 Å². The molecule has 0 spiro atoms. The highest BCUT2D eigenvalue weighted by Gasteiger charge is 2.57. The third-order valence-corrected chi connectivity index (χ3v) is 11.8. The van der Waals surface area contributed by atoms with E-state index in [0.717, 1.165) is 22.6 Å². The van der Waals surface area contributed by atoms with Crippen LogP contribution in [0.5, 0.6) is 17.2 Å². The van der Waals surface area contributed by atoms with E-state index in [0.29, 0.717) is 24.0 Å². The molecule has 0 aromatic heterocycles. The number of ketones is 2. The minimum atomic E-state index is -2.43. The SMILES string of the molecule is CN=C(N)NCc1c(CCC2=CNC(N)C=C2)cc2c(c1O)C(=O)c1c(OC3OC(CO)C(O)(CC(CN4C(=O)C=CC4=O)C4=CCNC(N)=C4)C(O)C3O)cc(OC)cc1C2=O. The van der Waals surface area contributed by atoms with Gasteiger partial charge in [0.05, 0.1) is 36.8 Å². The van der Waals surface area contributed by atoms with E-state index in [1.165, 1.54) is 26.3 Å². The average molecular weight is 871 g/mol. The molecule has 2 aromatic carbocycles. The van der Waals surface area contributed by atoms with Gasteiger partial charge >= 0.3 is 0 Å². The van der Waals surface area contributed by atoms with E-state index in [9.17, 15) is 44.7 Å². The molecule has 2 aromatic rings. The normalized spacial score (nSPS) is 26.0. The van der Waals surface area contributed by atoms with Crippen LogP contribution in [-0.4, -0.2) is 130 Å². The first-order valence-electron chi connectivity index (χ1n) is 20.1. The number of methoxy groups -OCH3 is 1. The van der Waals surface area contributed by atoms with E-state index in [-0.39, 0.29) is 76.9 Å². The van der Waals surface area contributed by atoms with Crippen molar-refractivity contribution < 1.29 is 58.9 Å². The number of carbonyl (C=O) groups excluding carboxylic acids is 4. The zero-order chi connectivity index (χ0) is 45.3. The summed E-state index contributed by atoms with van der Waals surface area (Å²) in [6, 6.07) is 4.12. The predicted octanol–water partition coefficient (Wildman–Crippen LogP) is -1.72. The van der Waals surface area contributed by atoms with Gasteiger partial charge in [-0.1, -0.05) is 12.2 Å². The van der Waals surface area contributed by atoms with Crippen molar-refractivity contribution in [3.05, 3.63) is 111 Å². The first-order chi connectivity index (χ1) is 30.1. The minimum absolute atomic E-state index is 0.0561. The Labute approximate surface area is 361 Å². The number of nitrogens with two attached hydrogens (primary N) is 3. The lowest BCUT2D eigenvalue weighted by atomic mass is 9.75. The number of hydrogen-bond acceptors (Lipinski definition) is 17. The summed E-state index contributed by atoms with van der Waals surface area (Å²) in [6.07, 6.45) is 3.17. The second-order valence-electron chi connectivity index (χ2n) is 15.7. The zero-order valence-corrected chi connectivity index (χ0v) is 34.4. The van der Waals surface area contributed by atoms with Gasteiger partial charge < -0.3 is 72.9 Å². The topological polar surface area (TPSA) is 327 Å². The number of amides is 2. The fourth-order valence-electron chi connectivity index (χ4n) is 8.35.